The van der Waals surface area contributed by atoms with Crippen LogP contribution in [0.15, 0.2) is 18.3 Å². The first-order valence-corrected chi connectivity index (χ1v) is 6.71. The molecule has 4 nitrogen and oxygen atoms in total. The minimum atomic E-state index is -0.285. The first-order chi connectivity index (χ1) is 8.65. The van der Waals surface area contributed by atoms with Crippen LogP contribution in [0.25, 0.3) is 0 Å². The maximum atomic E-state index is 9.32. The standard InChI is InChI=1S/C14H23N3O/c1-12(18)10-16(2)11-13-5-6-14(15-9-13)17-7-3-4-8-17/h5-6,9,12,18H,3-4,7-8,10-11H2,1-2H3/t12-/m0/s1. The van der Waals surface area contributed by atoms with Crippen molar-refractivity contribution in [1.29, 1.82) is 0 Å². The molecule has 0 aliphatic carbocycles. The minimum absolute atomic E-state index is 0.285. The van der Waals surface area contributed by atoms with E-state index in [0.29, 0.717) is 6.54 Å². The molecule has 0 bridgehead atoms. The van der Waals surface area contributed by atoms with Gasteiger partial charge in [0.2, 0.25) is 0 Å². The molecule has 0 unspecified atom stereocenters. The third kappa shape index (κ3) is 3.68. The van der Waals surface area contributed by atoms with E-state index in [9.17, 15) is 5.11 Å². The smallest absolute Gasteiger partial charge is 0.128 e. The van der Waals surface area contributed by atoms with Gasteiger partial charge in [0.1, 0.15) is 5.82 Å². The Morgan fingerprint density at radius 2 is 2.11 bits per heavy atom. The fourth-order valence-corrected chi connectivity index (χ4v) is 2.47. The highest BCUT2D eigenvalue weighted by Crippen LogP contribution is 2.17. The highest BCUT2D eigenvalue weighted by molar-refractivity contribution is 5.40. The second-order valence-electron chi connectivity index (χ2n) is 5.26. The topological polar surface area (TPSA) is 39.6 Å². The maximum absolute atomic E-state index is 9.32. The van der Waals surface area contributed by atoms with Crippen molar-refractivity contribution in [3.63, 3.8) is 0 Å². The molecule has 1 aromatic heterocycles. The van der Waals surface area contributed by atoms with Crippen LogP contribution < -0.4 is 4.90 Å². The molecular weight excluding hydrogens is 226 g/mol. The summed E-state index contributed by atoms with van der Waals surface area (Å²) in [5.74, 6) is 1.09. The van der Waals surface area contributed by atoms with Gasteiger partial charge in [-0.2, -0.15) is 0 Å². The molecule has 1 aliphatic heterocycles. The highest BCUT2D eigenvalue weighted by atomic mass is 16.3. The number of aliphatic hydroxyl groups excluding tert-OH is 1. The van der Waals surface area contributed by atoms with Crippen molar-refractivity contribution in [3.8, 4) is 0 Å². The zero-order valence-electron chi connectivity index (χ0n) is 11.3. The van der Waals surface area contributed by atoms with Crippen molar-refractivity contribution in [2.75, 3.05) is 31.6 Å². The van der Waals surface area contributed by atoms with Gasteiger partial charge in [0.25, 0.3) is 0 Å². The van der Waals surface area contributed by atoms with Crippen LogP contribution in [0.5, 0.6) is 0 Å². The summed E-state index contributed by atoms with van der Waals surface area (Å²) in [6, 6.07) is 4.25. The van der Waals surface area contributed by atoms with Crippen LogP contribution >= 0.6 is 0 Å². The van der Waals surface area contributed by atoms with Crippen molar-refractivity contribution in [2.45, 2.75) is 32.4 Å². The van der Waals surface area contributed by atoms with Gasteiger partial charge in [0, 0.05) is 32.4 Å². The van der Waals surface area contributed by atoms with Crippen molar-refractivity contribution in [2.24, 2.45) is 0 Å². The summed E-state index contributed by atoms with van der Waals surface area (Å²) in [7, 11) is 2.01. The number of hydrogen-bond donors (Lipinski definition) is 1. The van der Waals surface area contributed by atoms with Gasteiger partial charge < -0.3 is 10.0 Å². The highest BCUT2D eigenvalue weighted by Gasteiger charge is 2.13. The van der Waals surface area contributed by atoms with E-state index in [0.717, 1.165) is 25.5 Å². The Balaban J connectivity index is 1.90. The van der Waals surface area contributed by atoms with Gasteiger partial charge in [0.05, 0.1) is 6.10 Å². The van der Waals surface area contributed by atoms with Crippen LogP contribution in [0.4, 0.5) is 5.82 Å². The molecule has 1 N–H and O–H groups in total. The molecule has 4 heteroatoms. The van der Waals surface area contributed by atoms with E-state index in [1.807, 2.05) is 20.2 Å². The van der Waals surface area contributed by atoms with Crippen LogP contribution in [0.1, 0.15) is 25.3 Å². The molecule has 0 spiro atoms. The third-order valence-corrected chi connectivity index (χ3v) is 3.27. The van der Waals surface area contributed by atoms with Gasteiger partial charge in [-0.15, -0.1) is 0 Å². The summed E-state index contributed by atoms with van der Waals surface area (Å²) >= 11 is 0. The average molecular weight is 249 g/mol. The second kappa shape index (κ2) is 6.16. The molecule has 0 aromatic carbocycles. The molecular formula is C14H23N3O. The SMILES string of the molecule is C[C@H](O)CN(C)Cc1ccc(N2CCCC2)nc1. The molecule has 1 saturated heterocycles. The van der Waals surface area contributed by atoms with Crippen molar-refractivity contribution < 1.29 is 5.11 Å². The molecule has 18 heavy (non-hydrogen) atoms. The Hall–Kier alpha value is -1.13. The predicted molar refractivity (Wildman–Crippen MR) is 73.7 cm³/mol. The summed E-state index contributed by atoms with van der Waals surface area (Å²) in [4.78, 5) is 8.97. The van der Waals surface area contributed by atoms with Gasteiger partial charge in [-0.3, -0.25) is 4.90 Å². The second-order valence-corrected chi connectivity index (χ2v) is 5.26. The van der Waals surface area contributed by atoms with Crippen LogP contribution in [-0.2, 0) is 6.54 Å². The lowest BCUT2D eigenvalue weighted by Crippen LogP contribution is -2.26. The number of rotatable bonds is 5. The van der Waals surface area contributed by atoms with Gasteiger partial charge >= 0.3 is 0 Å². The van der Waals surface area contributed by atoms with E-state index in [2.05, 4.69) is 26.9 Å². The largest absolute Gasteiger partial charge is 0.392 e. The molecule has 1 atom stereocenters. The molecule has 100 valence electrons. The molecule has 1 fully saturated rings. The lowest BCUT2D eigenvalue weighted by molar-refractivity contribution is 0.138. The number of nitrogens with zero attached hydrogens (tertiary/aromatic N) is 3. The van der Waals surface area contributed by atoms with E-state index < -0.39 is 0 Å². The van der Waals surface area contributed by atoms with E-state index in [-0.39, 0.29) is 6.10 Å². The predicted octanol–water partition coefficient (Wildman–Crippen LogP) is 1.49. The fourth-order valence-electron chi connectivity index (χ4n) is 2.47. The number of pyridine rings is 1. The fraction of sp³-hybridized carbons (Fsp3) is 0.643. The van der Waals surface area contributed by atoms with Gasteiger partial charge in [-0.05, 0) is 38.4 Å². The lowest BCUT2D eigenvalue weighted by Gasteiger charge is -2.19. The summed E-state index contributed by atoms with van der Waals surface area (Å²) in [6.45, 7) is 5.60. The molecule has 0 amide bonds. The Bertz CT molecular complexity index is 358. The van der Waals surface area contributed by atoms with E-state index in [1.54, 1.807) is 0 Å². The summed E-state index contributed by atoms with van der Waals surface area (Å²) in [5.41, 5.74) is 1.20. The number of likely N-dealkylation sites (N-methyl/N-ethyl adjacent to an activating group) is 1. The summed E-state index contributed by atoms with van der Waals surface area (Å²) in [6.07, 6.45) is 4.22. The van der Waals surface area contributed by atoms with Crippen LogP contribution in [0.3, 0.4) is 0 Å². The zero-order chi connectivity index (χ0) is 13.0. The van der Waals surface area contributed by atoms with E-state index in [1.165, 1.54) is 18.4 Å². The van der Waals surface area contributed by atoms with E-state index >= 15 is 0 Å². The average Bonchev–Trinajstić information content (AvgIpc) is 2.82. The normalized spacial score (nSPS) is 17.4. The van der Waals surface area contributed by atoms with Crippen LogP contribution in [0, 0.1) is 0 Å². The molecule has 0 radical (unpaired) electrons. The quantitative estimate of drug-likeness (QED) is 0.858. The Labute approximate surface area is 109 Å². The van der Waals surface area contributed by atoms with Crippen molar-refractivity contribution >= 4 is 5.82 Å². The van der Waals surface area contributed by atoms with Gasteiger partial charge in [-0.25, -0.2) is 4.98 Å². The Morgan fingerprint density at radius 1 is 1.39 bits per heavy atom. The molecule has 1 aliphatic rings. The summed E-state index contributed by atoms with van der Waals surface area (Å²) < 4.78 is 0. The first kappa shape index (κ1) is 13.3. The van der Waals surface area contributed by atoms with Crippen molar-refractivity contribution in [1.82, 2.24) is 9.88 Å². The van der Waals surface area contributed by atoms with Crippen LogP contribution in [0.2, 0.25) is 0 Å². The molecule has 1 aromatic rings. The Morgan fingerprint density at radius 3 is 2.67 bits per heavy atom. The van der Waals surface area contributed by atoms with Gasteiger partial charge in [-0.1, -0.05) is 6.07 Å². The zero-order valence-corrected chi connectivity index (χ0v) is 11.3. The van der Waals surface area contributed by atoms with Crippen LogP contribution in [-0.4, -0.2) is 47.8 Å². The number of aromatic nitrogens is 1. The van der Waals surface area contributed by atoms with Gasteiger partial charge in [0.15, 0.2) is 0 Å². The monoisotopic (exact) mass is 249 g/mol. The summed E-state index contributed by atoms with van der Waals surface area (Å²) in [5, 5.41) is 9.32. The number of anilines is 1. The number of aliphatic hydroxyl groups is 1. The maximum Gasteiger partial charge on any atom is 0.128 e. The first-order valence-electron chi connectivity index (χ1n) is 6.71. The molecule has 2 heterocycles. The number of hydrogen-bond acceptors (Lipinski definition) is 4. The Kier molecular flexibility index (Phi) is 4.55. The van der Waals surface area contributed by atoms with Crippen molar-refractivity contribution in [3.05, 3.63) is 23.9 Å². The molecule has 0 saturated carbocycles. The van der Waals surface area contributed by atoms with E-state index in [4.69, 9.17) is 0 Å². The third-order valence-electron chi connectivity index (χ3n) is 3.27. The lowest BCUT2D eigenvalue weighted by atomic mass is 10.2. The molecule has 2 rings (SSSR count). The minimum Gasteiger partial charge on any atom is -0.392 e.